The van der Waals surface area contributed by atoms with Gasteiger partial charge in [0.25, 0.3) is 0 Å². The Labute approximate surface area is 252 Å². The molecule has 3 aromatic carbocycles. The molecule has 0 fully saturated rings. The van der Waals surface area contributed by atoms with Crippen molar-refractivity contribution in [2.75, 3.05) is 18.1 Å². The van der Waals surface area contributed by atoms with Gasteiger partial charge in [0.05, 0.1) is 22.7 Å². The Morgan fingerprint density at radius 2 is 1.70 bits per heavy atom. The van der Waals surface area contributed by atoms with Crippen LogP contribution in [0, 0.1) is 0 Å². The predicted molar refractivity (Wildman–Crippen MR) is 162 cm³/mol. The van der Waals surface area contributed by atoms with Crippen LogP contribution in [0.15, 0.2) is 113 Å². The minimum Gasteiger partial charge on any atom is -1.00 e. The molecule has 206 valence electrons. The fourth-order valence-corrected chi connectivity index (χ4v) is 6.06. The number of hydrogen-bond acceptors (Lipinski definition) is 4. The first-order valence-electron chi connectivity index (χ1n) is 13.8. The van der Waals surface area contributed by atoms with E-state index in [2.05, 4.69) is 119 Å². The molecule has 0 saturated carbocycles. The zero-order valence-corrected chi connectivity index (χ0v) is 25.2. The van der Waals surface area contributed by atoms with E-state index in [9.17, 15) is 4.79 Å². The quantitative estimate of drug-likeness (QED) is 0.138. The molecular formula is C34H35BrN2O2S. The maximum Gasteiger partial charge on any atom is 0.305 e. The molecule has 0 saturated heterocycles. The number of thioether (sulfide) groups is 1. The van der Waals surface area contributed by atoms with Crippen molar-refractivity contribution in [2.24, 2.45) is 0 Å². The largest absolute Gasteiger partial charge is 1.00 e. The van der Waals surface area contributed by atoms with E-state index in [1.54, 1.807) is 0 Å². The molecule has 0 atom stereocenters. The van der Waals surface area contributed by atoms with Crippen LogP contribution in [0.2, 0.25) is 0 Å². The molecule has 4 nitrogen and oxygen atoms in total. The number of ether oxygens (including phenoxy) is 1. The molecule has 2 heterocycles. The van der Waals surface area contributed by atoms with Crippen molar-refractivity contribution < 1.29 is 31.1 Å². The highest BCUT2D eigenvalue weighted by atomic mass is 79.9. The molecule has 1 aliphatic rings. The summed E-state index contributed by atoms with van der Waals surface area (Å²) in [4.78, 5) is 15.3. The molecule has 0 spiro atoms. The molecule has 5 rings (SSSR count). The third-order valence-electron chi connectivity index (χ3n) is 6.87. The smallest absolute Gasteiger partial charge is 0.305 e. The average molecular weight is 616 g/mol. The van der Waals surface area contributed by atoms with E-state index in [-0.39, 0.29) is 23.0 Å². The van der Waals surface area contributed by atoms with E-state index in [0.29, 0.717) is 13.0 Å². The monoisotopic (exact) mass is 614 g/mol. The summed E-state index contributed by atoms with van der Waals surface area (Å²) in [5.41, 5.74) is 4.99. The molecule has 0 unspecified atom stereocenters. The minimum atomic E-state index is -0.0932. The second-order valence-electron chi connectivity index (χ2n) is 9.60. The lowest BCUT2D eigenvalue weighted by atomic mass is 10.1. The summed E-state index contributed by atoms with van der Waals surface area (Å²) in [6, 6.07) is 30.0. The van der Waals surface area contributed by atoms with Crippen molar-refractivity contribution in [3.05, 3.63) is 119 Å². The number of allylic oxidation sites excluding steroid dienone is 2. The topological polar surface area (TPSA) is 33.4 Å². The zero-order valence-electron chi connectivity index (χ0n) is 22.8. The molecule has 6 heteroatoms. The molecule has 0 N–H and O–H groups in total. The maximum atomic E-state index is 11.6. The van der Waals surface area contributed by atoms with Crippen LogP contribution in [-0.2, 0) is 16.1 Å². The number of carbonyl (C=O) groups is 1. The Hall–Kier alpha value is -3.35. The normalized spacial score (nSPS) is 13.5. The van der Waals surface area contributed by atoms with Gasteiger partial charge >= 0.3 is 5.97 Å². The van der Waals surface area contributed by atoms with E-state index in [1.807, 2.05) is 18.7 Å². The van der Waals surface area contributed by atoms with Gasteiger partial charge in [-0.2, -0.15) is 4.57 Å². The minimum absolute atomic E-state index is 0. The highest BCUT2D eigenvalue weighted by Gasteiger charge is 2.23. The number of para-hydroxylation sites is 2. The van der Waals surface area contributed by atoms with Crippen molar-refractivity contribution in [1.29, 1.82) is 0 Å². The van der Waals surface area contributed by atoms with Gasteiger partial charge < -0.3 is 26.6 Å². The van der Waals surface area contributed by atoms with Gasteiger partial charge in [0.1, 0.15) is 0 Å². The number of nitrogens with zero attached hydrogens (tertiary/aromatic N) is 2. The van der Waals surface area contributed by atoms with Crippen molar-refractivity contribution in [3.8, 4) is 0 Å². The number of anilines is 1. The predicted octanol–water partition coefficient (Wildman–Crippen LogP) is 4.77. The van der Waals surface area contributed by atoms with Crippen molar-refractivity contribution in [1.82, 2.24) is 0 Å². The third-order valence-corrected chi connectivity index (χ3v) is 8.00. The van der Waals surface area contributed by atoms with E-state index >= 15 is 0 Å². The second kappa shape index (κ2) is 14.9. The fourth-order valence-electron chi connectivity index (χ4n) is 4.96. The summed E-state index contributed by atoms with van der Waals surface area (Å²) in [7, 11) is 0. The Balaban J connectivity index is 0.00000370. The van der Waals surface area contributed by atoms with Crippen LogP contribution < -0.4 is 26.4 Å². The van der Waals surface area contributed by atoms with E-state index in [4.69, 9.17) is 4.74 Å². The molecule has 40 heavy (non-hydrogen) atoms. The van der Waals surface area contributed by atoms with Gasteiger partial charge in [-0.15, -0.1) is 0 Å². The molecule has 0 amide bonds. The Morgan fingerprint density at radius 1 is 0.925 bits per heavy atom. The fraction of sp³-hybridized carbons (Fsp3) is 0.235. The van der Waals surface area contributed by atoms with Crippen LogP contribution in [0.25, 0.3) is 17.0 Å². The SMILES string of the molecule is CCOC(=O)CCCCCN1/C(=C/C=C/c2cc[n+](Cc3ccccc3)c3ccccc23)Sc2ccccc21.[Br-]. The first-order valence-corrected chi connectivity index (χ1v) is 14.6. The van der Waals surface area contributed by atoms with Crippen LogP contribution in [0.1, 0.15) is 43.7 Å². The summed E-state index contributed by atoms with van der Waals surface area (Å²) < 4.78 is 7.37. The lowest BCUT2D eigenvalue weighted by molar-refractivity contribution is -0.662. The van der Waals surface area contributed by atoms with Gasteiger partial charge in [-0.1, -0.05) is 84.9 Å². The molecule has 0 aliphatic carbocycles. The standard InChI is InChI=1S/C34H35N2O2S.BrH/c1-2-38-34(37)22-7-4-12-24-36-31-19-10-11-20-32(31)39-33(36)21-13-16-28-23-25-35(26-27-14-5-3-6-15-27)30-18-9-8-17-29(28)30;/h3,5-6,8-11,13-21,23,25H,2,4,7,12,22,24,26H2,1H3;1H/q+1;/p-1. The number of pyridine rings is 1. The summed E-state index contributed by atoms with van der Waals surface area (Å²) in [5, 5.41) is 2.48. The number of benzene rings is 3. The average Bonchev–Trinajstić information content (AvgIpc) is 3.32. The number of halogens is 1. The number of aromatic nitrogens is 1. The van der Waals surface area contributed by atoms with E-state index in [1.165, 1.54) is 37.6 Å². The number of fused-ring (bicyclic) bond motifs is 2. The Morgan fingerprint density at radius 3 is 2.55 bits per heavy atom. The maximum absolute atomic E-state index is 11.6. The molecule has 0 radical (unpaired) electrons. The third kappa shape index (κ3) is 7.43. The van der Waals surface area contributed by atoms with E-state index in [0.717, 1.165) is 32.4 Å². The lowest BCUT2D eigenvalue weighted by Crippen LogP contribution is -3.00. The Bertz CT molecular complexity index is 1490. The molecular weight excluding hydrogens is 580 g/mol. The first kappa shape index (κ1) is 29.6. The number of unbranched alkanes of at least 4 members (excludes halogenated alkanes) is 2. The van der Waals surface area contributed by atoms with Crippen LogP contribution in [0.3, 0.4) is 0 Å². The van der Waals surface area contributed by atoms with Gasteiger partial charge in [-0.3, -0.25) is 4.79 Å². The van der Waals surface area contributed by atoms with Gasteiger partial charge in [0.2, 0.25) is 5.52 Å². The zero-order chi connectivity index (χ0) is 26.9. The first-order chi connectivity index (χ1) is 19.2. The summed E-state index contributed by atoms with van der Waals surface area (Å²) >= 11 is 1.82. The van der Waals surface area contributed by atoms with Gasteiger partial charge in [0.15, 0.2) is 12.7 Å². The second-order valence-corrected chi connectivity index (χ2v) is 10.7. The highest BCUT2D eigenvalue weighted by molar-refractivity contribution is 8.03. The summed E-state index contributed by atoms with van der Waals surface area (Å²) in [5.74, 6) is -0.0932. The molecule has 1 aliphatic heterocycles. The van der Waals surface area contributed by atoms with Gasteiger partial charge in [-0.25, -0.2) is 0 Å². The van der Waals surface area contributed by atoms with Crippen LogP contribution >= 0.6 is 11.8 Å². The lowest BCUT2D eigenvalue weighted by Gasteiger charge is -2.20. The number of rotatable bonds is 11. The van der Waals surface area contributed by atoms with Gasteiger partial charge in [-0.05, 0) is 49.6 Å². The van der Waals surface area contributed by atoms with Crippen molar-refractivity contribution in [2.45, 2.75) is 44.0 Å². The Kier molecular flexibility index (Phi) is 11.0. The summed E-state index contributed by atoms with van der Waals surface area (Å²) in [6.45, 7) is 4.08. The van der Waals surface area contributed by atoms with E-state index < -0.39 is 0 Å². The highest BCUT2D eigenvalue weighted by Crippen LogP contribution is 2.45. The van der Waals surface area contributed by atoms with Gasteiger partial charge in [0, 0.05) is 35.6 Å². The van der Waals surface area contributed by atoms with Crippen molar-refractivity contribution >= 4 is 40.4 Å². The summed E-state index contributed by atoms with van der Waals surface area (Å²) in [6.07, 6.45) is 12.2. The van der Waals surface area contributed by atoms with Crippen LogP contribution in [-0.4, -0.2) is 19.1 Å². The number of esters is 1. The molecule has 0 bridgehead atoms. The van der Waals surface area contributed by atoms with Crippen LogP contribution in [0.4, 0.5) is 5.69 Å². The molecule has 1 aromatic heterocycles. The van der Waals surface area contributed by atoms with Crippen LogP contribution in [0.5, 0.6) is 0 Å². The molecule has 4 aromatic rings. The number of hydrogen-bond donors (Lipinski definition) is 0. The number of carbonyl (C=O) groups excluding carboxylic acids is 1. The van der Waals surface area contributed by atoms with Crippen molar-refractivity contribution in [3.63, 3.8) is 0 Å².